The summed E-state index contributed by atoms with van der Waals surface area (Å²) >= 11 is 0. The van der Waals surface area contributed by atoms with Crippen molar-refractivity contribution in [2.75, 3.05) is 19.8 Å². The monoisotopic (exact) mass is 475 g/mol. The average molecular weight is 476 g/mol. The van der Waals surface area contributed by atoms with Crippen LogP contribution in [-0.2, 0) is 13.1 Å². The molecule has 9 nitrogen and oxygen atoms in total. The highest BCUT2D eigenvalue weighted by Gasteiger charge is 2.13. The summed E-state index contributed by atoms with van der Waals surface area (Å²) in [4.78, 5) is 30.0. The Balaban J connectivity index is 1.42. The maximum Gasteiger partial charge on any atom is 0.264 e. The number of carbonyl (C=O) groups is 1. The van der Waals surface area contributed by atoms with Gasteiger partial charge in [-0.2, -0.15) is 5.10 Å². The van der Waals surface area contributed by atoms with Gasteiger partial charge in [-0.25, -0.2) is 9.67 Å². The third-order valence-electron chi connectivity index (χ3n) is 5.51. The van der Waals surface area contributed by atoms with E-state index in [0.717, 1.165) is 5.56 Å². The molecule has 0 bridgehead atoms. The maximum absolute atomic E-state index is 12.9. The van der Waals surface area contributed by atoms with E-state index in [0.29, 0.717) is 60.9 Å². The first kappa shape index (κ1) is 24.0. The highest BCUT2D eigenvalue weighted by Crippen LogP contribution is 2.28. The van der Waals surface area contributed by atoms with Gasteiger partial charge in [0, 0.05) is 12.1 Å². The number of rotatable bonds is 10. The fraction of sp³-hybridized carbons (Fsp3) is 0.308. The molecular formula is C26H29N5O4. The summed E-state index contributed by atoms with van der Waals surface area (Å²) in [7, 11) is 0. The third-order valence-corrected chi connectivity index (χ3v) is 5.51. The van der Waals surface area contributed by atoms with Gasteiger partial charge in [-0.05, 0) is 44.5 Å². The van der Waals surface area contributed by atoms with Gasteiger partial charge >= 0.3 is 0 Å². The second-order valence-electron chi connectivity index (χ2n) is 8.05. The Morgan fingerprint density at radius 2 is 1.77 bits per heavy atom. The Labute approximate surface area is 203 Å². The normalized spacial score (nSPS) is 10.9. The molecule has 2 aromatic heterocycles. The molecule has 0 saturated heterocycles. The van der Waals surface area contributed by atoms with Gasteiger partial charge in [0.15, 0.2) is 17.1 Å². The molecule has 182 valence electrons. The number of aryl methyl sites for hydroxylation is 1. The second kappa shape index (κ2) is 10.9. The summed E-state index contributed by atoms with van der Waals surface area (Å²) in [6, 6.07) is 13.1. The largest absolute Gasteiger partial charge is 0.490 e. The number of nitrogens with one attached hydrogen (secondary N) is 1. The first-order valence-corrected chi connectivity index (χ1v) is 11.6. The summed E-state index contributed by atoms with van der Waals surface area (Å²) in [6.45, 7) is 7.91. The van der Waals surface area contributed by atoms with Gasteiger partial charge in [-0.15, -0.1) is 0 Å². The molecule has 0 spiro atoms. The molecule has 0 radical (unpaired) electrons. The third kappa shape index (κ3) is 5.51. The van der Waals surface area contributed by atoms with Crippen molar-refractivity contribution >= 4 is 16.9 Å². The average Bonchev–Trinajstić information content (AvgIpc) is 3.27. The zero-order valence-corrected chi connectivity index (χ0v) is 20.2. The van der Waals surface area contributed by atoms with E-state index in [4.69, 9.17) is 9.47 Å². The second-order valence-corrected chi connectivity index (χ2v) is 8.05. The molecule has 35 heavy (non-hydrogen) atoms. The molecule has 0 unspecified atom stereocenters. The topological polar surface area (TPSA) is 100 Å². The van der Waals surface area contributed by atoms with Crippen LogP contribution >= 0.6 is 0 Å². The lowest BCUT2D eigenvalue weighted by molar-refractivity contribution is 0.0951. The lowest BCUT2D eigenvalue weighted by Crippen LogP contribution is -2.28. The zero-order valence-electron chi connectivity index (χ0n) is 20.2. The minimum absolute atomic E-state index is 0.149. The Kier molecular flexibility index (Phi) is 7.45. The summed E-state index contributed by atoms with van der Waals surface area (Å²) < 4.78 is 14.3. The fourth-order valence-corrected chi connectivity index (χ4v) is 3.73. The van der Waals surface area contributed by atoms with Crippen LogP contribution in [0.1, 0.15) is 35.3 Å². The van der Waals surface area contributed by atoms with E-state index in [-0.39, 0.29) is 11.5 Å². The van der Waals surface area contributed by atoms with Crippen LogP contribution in [0.15, 0.2) is 59.8 Å². The molecule has 2 aromatic carbocycles. The number of benzene rings is 2. The zero-order chi connectivity index (χ0) is 24.8. The first-order valence-electron chi connectivity index (χ1n) is 11.6. The minimum atomic E-state index is -0.237. The van der Waals surface area contributed by atoms with E-state index in [1.807, 2.05) is 45.0 Å². The Hall–Kier alpha value is -4.14. The van der Waals surface area contributed by atoms with Crippen LogP contribution in [0.2, 0.25) is 0 Å². The number of hydrogen-bond acceptors (Lipinski definition) is 6. The van der Waals surface area contributed by atoms with E-state index < -0.39 is 0 Å². The van der Waals surface area contributed by atoms with E-state index in [9.17, 15) is 9.59 Å². The van der Waals surface area contributed by atoms with Gasteiger partial charge < -0.3 is 14.8 Å². The molecule has 4 rings (SSSR count). The Bertz CT molecular complexity index is 1380. The summed E-state index contributed by atoms with van der Waals surface area (Å²) in [6.07, 6.45) is 3.06. The van der Waals surface area contributed by atoms with Gasteiger partial charge in [-0.1, -0.05) is 29.8 Å². The smallest absolute Gasteiger partial charge is 0.264 e. The first-order chi connectivity index (χ1) is 17.0. The predicted molar refractivity (Wildman–Crippen MR) is 133 cm³/mol. The molecule has 0 aliphatic carbocycles. The van der Waals surface area contributed by atoms with Crippen LogP contribution in [0.25, 0.3) is 11.0 Å². The molecule has 1 amide bonds. The summed E-state index contributed by atoms with van der Waals surface area (Å²) in [5.74, 6) is 0.901. The Morgan fingerprint density at radius 3 is 2.51 bits per heavy atom. The van der Waals surface area contributed by atoms with Gasteiger partial charge in [0.2, 0.25) is 0 Å². The Morgan fingerprint density at radius 1 is 1.03 bits per heavy atom. The summed E-state index contributed by atoms with van der Waals surface area (Å²) in [5, 5.41) is 7.63. The van der Waals surface area contributed by atoms with Crippen molar-refractivity contribution in [1.29, 1.82) is 0 Å². The van der Waals surface area contributed by atoms with Crippen molar-refractivity contribution in [2.45, 2.75) is 33.9 Å². The minimum Gasteiger partial charge on any atom is -0.490 e. The van der Waals surface area contributed by atoms with Gasteiger partial charge in [-0.3, -0.25) is 14.2 Å². The molecule has 0 fully saturated rings. The molecule has 9 heteroatoms. The molecule has 0 atom stereocenters. The molecule has 4 aromatic rings. The van der Waals surface area contributed by atoms with Crippen LogP contribution in [0.4, 0.5) is 0 Å². The number of hydrogen-bond donors (Lipinski definition) is 1. The van der Waals surface area contributed by atoms with Crippen LogP contribution in [-0.4, -0.2) is 45.0 Å². The number of ether oxygens (including phenoxy) is 2. The fourth-order valence-electron chi connectivity index (χ4n) is 3.73. The van der Waals surface area contributed by atoms with Crippen molar-refractivity contribution in [3.8, 4) is 11.5 Å². The van der Waals surface area contributed by atoms with Crippen molar-refractivity contribution in [1.82, 2.24) is 24.6 Å². The summed E-state index contributed by atoms with van der Waals surface area (Å²) in [5.41, 5.74) is 3.00. The molecule has 1 N–H and O–H groups in total. The number of fused-ring (bicyclic) bond motifs is 1. The van der Waals surface area contributed by atoms with Crippen molar-refractivity contribution in [2.24, 2.45) is 0 Å². The highest BCUT2D eigenvalue weighted by atomic mass is 16.5. The van der Waals surface area contributed by atoms with Crippen LogP contribution < -0.4 is 20.3 Å². The van der Waals surface area contributed by atoms with Crippen molar-refractivity contribution in [3.63, 3.8) is 0 Å². The SMILES string of the molecule is CCOc1ccc(C(=O)NCCn2ncc3c(=O)n(Cc4ccc(C)cc4)cnc32)cc1OCC. The molecule has 2 heterocycles. The van der Waals surface area contributed by atoms with Crippen molar-refractivity contribution < 1.29 is 14.3 Å². The molecule has 0 aliphatic heterocycles. The number of carbonyl (C=O) groups excluding carboxylic acids is 1. The number of amides is 1. The van der Waals surface area contributed by atoms with E-state index in [1.54, 1.807) is 27.4 Å². The van der Waals surface area contributed by atoms with Gasteiger partial charge in [0.05, 0.1) is 32.5 Å². The molecule has 0 aliphatic rings. The van der Waals surface area contributed by atoms with Gasteiger partial charge in [0.25, 0.3) is 11.5 Å². The van der Waals surface area contributed by atoms with E-state index >= 15 is 0 Å². The maximum atomic E-state index is 12.9. The standard InChI is InChI=1S/C26H29N5O4/c1-4-34-22-11-10-20(14-23(22)35-5-2)25(32)27-12-13-31-24-21(15-29-31)26(33)30(17-28-24)16-19-8-6-18(3)7-9-19/h6-11,14-15,17H,4-5,12-13,16H2,1-3H3,(H,27,32). The highest BCUT2D eigenvalue weighted by molar-refractivity contribution is 5.94. The van der Waals surface area contributed by atoms with Crippen LogP contribution in [0.5, 0.6) is 11.5 Å². The quantitative estimate of drug-likeness (QED) is 0.378. The molecular weight excluding hydrogens is 446 g/mol. The van der Waals surface area contributed by atoms with E-state index in [1.165, 1.54) is 18.1 Å². The van der Waals surface area contributed by atoms with Crippen LogP contribution in [0.3, 0.4) is 0 Å². The van der Waals surface area contributed by atoms with E-state index in [2.05, 4.69) is 15.4 Å². The lowest BCUT2D eigenvalue weighted by atomic mass is 10.1. The lowest BCUT2D eigenvalue weighted by Gasteiger charge is -2.12. The molecule has 0 saturated carbocycles. The number of aromatic nitrogens is 4. The van der Waals surface area contributed by atoms with Crippen LogP contribution in [0, 0.1) is 6.92 Å². The van der Waals surface area contributed by atoms with Crippen molar-refractivity contribution in [3.05, 3.63) is 82.0 Å². The predicted octanol–water partition coefficient (Wildman–Crippen LogP) is 3.18. The van der Waals surface area contributed by atoms with Gasteiger partial charge in [0.1, 0.15) is 11.7 Å². The number of nitrogens with zero attached hydrogens (tertiary/aromatic N) is 4.